The van der Waals surface area contributed by atoms with Gasteiger partial charge in [0.25, 0.3) is 0 Å². The highest BCUT2D eigenvalue weighted by molar-refractivity contribution is 7.99. The summed E-state index contributed by atoms with van der Waals surface area (Å²) in [6.07, 6.45) is -0.721. The molecule has 0 unspecified atom stereocenters. The molecule has 82 valence electrons. The van der Waals surface area contributed by atoms with Crippen LogP contribution in [0.4, 0.5) is 0 Å². The van der Waals surface area contributed by atoms with E-state index in [9.17, 15) is 4.79 Å². The lowest BCUT2D eigenvalue weighted by Crippen LogP contribution is -2.20. The second kappa shape index (κ2) is 6.48. The Kier molecular flexibility index (Phi) is 5.21. The number of hydrogen-bond donors (Lipinski definition) is 1. The Balaban J connectivity index is 2.15. The van der Waals surface area contributed by atoms with Crippen LogP contribution in [-0.4, -0.2) is 29.5 Å². The first-order chi connectivity index (χ1) is 7.20. The normalized spacial score (nSPS) is 12.3. The van der Waals surface area contributed by atoms with E-state index in [-0.39, 0.29) is 0 Å². The smallest absolute Gasteiger partial charge is 0.332 e. The number of carbonyl (C=O) groups is 1. The van der Waals surface area contributed by atoms with Crippen LogP contribution in [0.15, 0.2) is 35.2 Å². The molecule has 0 aliphatic heterocycles. The van der Waals surface area contributed by atoms with E-state index in [1.54, 1.807) is 11.8 Å². The van der Waals surface area contributed by atoms with E-state index in [1.165, 1.54) is 11.8 Å². The minimum absolute atomic E-state index is 0.451. The van der Waals surface area contributed by atoms with Crippen molar-refractivity contribution in [3.05, 3.63) is 30.3 Å². The fraction of sp³-hybridized carbons (Fsp3) is 0.364. The van der Waals surface area contributed by atoms with Gasteiger partial charge in [0.2, 0.25) is 0 Å². The molecule has 0 heterocycles. The molecule has 3 nitrogen and oxygen atoms in total. The summed E-state index contributed by atoms with van der Waals surface area (Å²) in [4.78, 5) is 11.6. The summed E-state index contributed by atoms with van der Waals surface area (Å²) < 4.78 is 5.10. The minimum atomic E-state index is -0.917. The molecule has 0 aliphatic carbocycles. The average molecular weight is 226 g/mol. The maximum absolute atomic E-state index is 10.4. The summed E-state index contributed by atoms with van der Waals surface area (Å²) in [7, 11) is 0. The van der Waals surface area contributed by atoms with Crippen LogP contribution in [0.3, 0.4) is 0 Å². The summed E-state index contributed by atoms with van der Waals surface area (Å²) in [6, 6.07) is 9.95. The quantitative estimate of drug-likeness (QED) is 0.597. The highest BCUT2D eigenvalue weighted by Crippen LogP contribution is 2.16. The maximum atomic E-state index is 10.4. The van der Waals surface area contributed by atoms with Gasteiger partial charge in [0.05, 0.1) is 6.61 Å². The first-order valence-corrected chi connectivity index (χ1v) is 5.71. The molecule has 0 saturated heterocycles. The zero-order valence-electron chi connectivity index (χ0n) is 8.55. The molecule has 1 aromatic carbocycles. The van der Waals surface area contributed by atoms with Gasteiger partial charge < -0.3 is 9.84 Å². The largest absolute Gasteiger partial charge is 0.479 e. The SMILES string of the molecule is C[C@H](OCCSc1ccccc1)C(=O)O. The van der Waals surface area contributed by atoms with Gasteiger partial charge in [0, 0.05) is 10.6 Å². The lowest BCUT2D eigenvalue weighted by atomic mass is 10.4. The van der Waals surface area contributed by atoms with Crippen molar-refractivity contribution in [3.63, 3.8) is 0 Å². The van der Waals surface area contributed by atoms with Gasteiger partial charge in [-0.2, -0.15) is 0 Å². The predicted molar refractivity (Wildman–Crippen MR) is 60.2 cm³/mol. The maximum Gasteiger partial charge on any atom is 0.332 e. The highest BCUT2D eigenvalue weighted by Gasteiger charge is 2.09. The van der Waals surface area contributed by atoms with Gasteiger partial charge in [-0.3, -0.25) is 0 Å². The number of carboxylic acid groups (broad SMARTS) is 1. The summed E-state index contributed by atoms with van der Waals surface area (Å²) in [6.45, 7) is 1.99. The van der Waals surface area contributed by atoms with Gasteiger partial charge in [0.1, 0.15) is 0 Å². The fourth-order valence-electron chi connectivity index (χ4n) is 0.972. The Morgan fingerprint density at radius 1 is 1.47 bits per heavy atom. The van der Waals surface area contributed by atoms with Crippen molar-refractivity contribution in [2.45, 2.75) is 17.9 Å². The van der Waals surface area contributed by atoms with Crippen molar-refractivity contribution in [2.75, 3.05) is 12.4 Å². The number of benzene rings is 1. The Morgan fingerprint density at radius 2 is 2.13 bits per heavy atom. The van der Waals surface area contributed by atoms with E-state index in [2.05, 4.69) is 0 Å². The van der Waals surface area contributed by atoms with Crippen molar-refractivity contribution in [2.24, 2.45) is 0 Å². The lowest BCUT2D eigenvalue weighted by Gasteiger charge is -2.07. The van der Waals surface area contributed by atoms with Crippen LogP contribution in [-0.2, 0) is 9.53 Å². The van der Waals surface area contributed by atoms with E-state index in [0.717, 1.165) is 5.75 Å². The number of rotatable bonds is 6. The predicted octanol–water partition coefficient (Wildman–Crippen LogP) is 2.27. The highest BCUT2D eigenvalue weighted by atomic mass is 32.2. The third-order valence-corrected chi connectivity index (χ3v) is 2.79. The molecule has 0 amide bonds. The first-order valence-electron chi connectivity index (χ1n) is 4.72. The van der Waals surface area contributed by atoms with Crippen LogP contribution in [0.2, 0.25) is 0 Å². The molecule has 0 radical (unpaired) electrons. The zero-order chi connectivity index (χ0) is 11.1. The van der Waals surface area contributed by atoms with Crippen LogP contribution >= 0.6 is 11.8 Å². The summed E-state index contributed by atoms with van der Waals surface area (Å²) in [5, 5.41) is 8.57. The second-order valence-electron chi connectivity index (χ2n) is 3.01. The van der Waals surface area contributed by atoms with E-state index in [4.69, 9.17) is 9.84 Å². The Bertz CT molecular complexity index is 300. The fourth-order valence-corrected chi connectivity index (χ4v) is 1.74. The van der Waals surface area contributed by atoms with E-state index < -0.39 is 12.1 Å². The first kappa shape index (κ1) is 12.1. The number of aliphatic carboxylic acids is 1. The Hall–Kier alpha value is -1.00. The standard InChI is InChI=1S/C11H14O3S/c1-9(11(12)13)14-7-8-15-10-5-3-2-4-6-10/h2-6,9H,7-8H2,1H3,(H,12,13)/t9-/m0/s1. The zero-order valence-corrected chi connectivity index (χ0v) is 9.37. The topological polar surface area (TPSA) is 46.5 Å². The van der Waals surface area contributed by atoms with Crippen molar-refractivity contribution in [3.8, 4) is 0 Å². The number of thioether (sulfide) groups is 1. The molecular formula is C11H14O3S. The Labute approximate surface area is 93.4 Å². The molecule has 0 spiro atoms. The van der Waals surface area contributed by atoms with E-state index in [1.807, 2.05) is 30.3 Å². The van der Waals surface area contributed by atoms with Crippen LogP contribution in [0, 0.1) is 0 Å². The number of carboxylic acids is 1. The van der Waals surface area contributed by atoms with Gasteiger partial charge in [-0.25, -0.2) is 4.79 Å². The van der Waals surface area contributed by atoms with Gasteiger partial charge in [-0.15, -0.1) is 11.8 Å². The molecule has 0 aliphatic rings. The van der Waals surface area contributed by atoms with Crippen molar-refractivity contribution < 1.29 is 14.6 Å². The average Bonchev–Trinajstić information content (AvgIpc) is 2.25. The number of ether oxygens (including phenoxy) is 1. The van der Waals surface area contributed by atoms with Crippen LogP contribution in [0.5, 0.6) is 0 Å². The third-order valence-electron chi connectivity index (χ3n) is 1.81. The molecule has 1 rings (SSSR count). The molecule has 0 saturated carbocycles. The monoisotopic (exact) mass is 226 g/mol. The van der Waals surface area contributed by atoms with Crippen molar-refractivity contribution in [1.82, 2.24) is 0 Å². The van der Waals surface area contributed by atoms with Crippen molar-refractivity contribution >= 4 is 17.7 Å². The van der Waals surface area contributed by atoms with E-state index in [0.29, 0.717) is 6.61 Å². The molecule has 0 aromatic heterocycles. The molecule has 4 heteroatoms. The van der Waals surface area contributed by atoms with Gasteiger partial charge in [-0.1, -0.05) is 18.2 Å². The molecular weight excluding hydrogens is 212 g/mol. The molecule has 1 N–H and O–H groups in total. The van der Waals surface area contributed by atoms with Crippen molar-refractivity contribution in [1.29, 1.82) is 0 Å². The van der Waals surface area contributed by atoms with Crippen LogP contribution < -0.4 is 0 Å². The summed E-state index contributed by atoms with van der Waals surface area (Å²) in [5.74, 6) is -0.151. The second-order valence-corrected chi connectivity index (χ2v) is 4.18. The minimum Gasteiger partial charge on any atom is -0.479 e. The van der Waals surface area contributed by atoms with Gasteiger partial charge >= 0.3 is 5.97 Å². The lowest BCUT2D eigenvalue weighted by molar-refractivity contribution is -0.148. The van der Waals surface area contributed by atoms with Gasteiger partial charge in [-0.05, 0) is 19.1 Å². The molecule has 1 atom stereocenters. The third kappa shape index (κ3) is 4.85. The van der Waals surface area contributed by atoms with Crippen LogP contribution in [0.1, 0.15) is 6.92 Å². The van der Waals surface area contributed by atoms with E-state index >= 15 is 0 Å². The number of hydrogen-bond acceptors (Lipinski definition) is 3. The summed E-state index contributed by atoms with van der Waals surface area (Å²) >= 11 is 1.66. The Morgan fingerprint density at radius 3 is 2.73 bits per heavy atom. The van der Waals surface area contributed by atoms with Gasteiger partial charge in [0.15, 0.2) is 6.10 Å². The summed E-state index contributed by atoms with van der Waals surface area (Å²) in [5.41, 5.74) is 0. The molecule has 1 aromatic rings. The molecule has 15 heavy (non-hydrogen) atoms. The molecule has 0 bridgehead atoms. The van der Waals surface area contributed by atoms with Crippen LogP contribution in [0.25, 0.3) is 0 Å². The molecule has 0 fully saturated rings.